The highest BCUT2D eigenvalue weighted by Crippen LogP contribution is 2.23. The zero-order chi connectivity index (χ0) is 14.5. The number of rotatable bonds is 4. The van der Waals surface area contributed by atoms with Gasteiger partial charge in [-0.25, -0.2) is 0 Å². The molecule has 0 heterocycles. The molecule has 2 aromatic rings. The van der Waals surface area contributed by atoms with Crippen LogP contribution in [0.4, 0.5) is 5.69 Å². The van der Waals surface area contributed by atoms with Crippen LogP contribution in [-0.2, 0) is 6.42 Å². The van der Waals surface area contributed by atoms with Crippen molar-refractivity contribution in [2.45, 2.75) is 19.3 Å². The lowest BCUT2D eigenvalue weighted by molar-refractivity contribution is -0.384. The summed E-state index contributed by atoms with van der Waals surface area (Å²) in [4.78, 5) is 10.2. The summed E-state index contributed by atoms with van der Waals surface area (Å²) < 4.78 is 0. The fourth-order valence-corrected chi connectivity index (χ4v) is 2.03. The number of nitro groups is 1. The maximum atomic E-state index is 10.6. The summed E-state index contributed by atoms with van der Waals surface area (Å²) in [6, 6.07) is 16.5. The van der Waals surface area contributed by atoms with Gasteiger partial charge in [-0.15, -0.1) is 0 Å². The molecule has 0 bridgehead atoms. The van der Waals surface area contributed by atoms with E-state index in [1.165, 1.54) is 17.7 Å². The molecule has 1 atom stereocenters. The smallest absolute Gasteiger partial charge is 0.258 e. The average Bonchev–Trinajstić information content (AvgIpc) is 2.47. The number of benzene rings is 2. The molecule has 4 nitrogen and oxygen atoms in total. The number of hydrogen-bond acceptors (Lipinski definition) is 3. The van der Waals surface area contributed by atoms with E-state index in [2.05, 4.69) is 6.07 Å². The van der Waals surface area contributed by atoms with Crippen LogP contribution < -0.4 is 0 Å². The minimum absolute atomic E-state index is 0.0424. The highest BCUT2D eigenvalue weighted by molar-refractivity contribution is 5.37. The van der Waals surface area contributed by atoms with Crippen molar-refractivity contribution in [3.05, 3.63) is 75.3 Å². The summed E-state index contributed by atoms with van der Waals surface area (Å²) in [5, 5.41) is 19.9. The molecular weight excluding hydrogens is 252 g/mol. The minimum Gasteiger partial charge on any atom is -0.258 e. The van der Waals surface area contributed by atoms with Crippen molar-refractivity contribution < 1.29 is 4.92 Å². The number of nitriles is 1. The van der Waals surface area contributed by atoms with Gasteiger partial charge in [0.15, 0.2) is 0 Å². The van der Waals surface area contributed by atoms with Crippen molar-refractivity contribution in [3.8, 4) is 6.07 Å². The van der Waals surface area contributed by atoms with E-state index in [1.807, 2.05) is 31.2 Å². The Balaban J connectivity index is 2.18. The van der Waals surface area contributed by atoms with Crippen LogP contribution in [0.1, 0.15) is 22.6 Å². The van der Waals surface area contributed by atoms with Crippen molar-refractivity contribution in [2.24, 2.45) is 0 Å². The Hall–Kier alpha value is -2.67. The molecule has 0 aromatic heterocycles. The number of nitrogens with zero attached hydrogens (tertiary/aromatic N) is 2. The van der Waals surface area contributed by atoms with Crippen LogP contribution in [0.3, 0.4) is 0 Å². The SMILES string of the molecule is Cc1ccc(C[C@H](C#N)c2ccc([N+](=O)[O-])cc2)cc1. The summed E-state index contributed by atoms with van der Waals surface area (Å²) in [5.41, 5.74) is 3.11. The Labute approximate surface area is 117 Å². The third-order valence-electron chi connectivity index (χ3n) is 3.22. The number of nitro benzene ring substituents is 1. The van der Waals surface area contributed by atoms with Crippen molar-refractivity contribution in [3.63, 3.8) is 0 Å². The van der Waals surface area contributed by atoms with E-state index in [1.54, 1.807) is 12.1 Å². The van der Waals surface area contributed by atoms with Crippen LogP contribution in [-0.4, -0.2) is 4.92 Å². The zero-order valence-corrected chi connectivity index (χ0v) is 11.1. The summed E-state index contributed by atoms with van der Waals surface area (Å²) in [6.45, 7) is 2.02. The van der Waals surface area contributed by atoms with E-state index in [0.717, 1.165) is 11.1 Å². The van der Waals surface area contributed by atoms with Gasteiger partial charge < -0.3 is 0 Å². The molecule has 0 aliphatic carbocycles. The molecule has 0 saturated heterocycles. The van der Waals surface area contributed by atoms with Crippen molar-refractivity contribution >= 4 is 5.69 Å². The Kier molecular flexibility index (Phi) is 4.11. The molecule has 0 unspecified atom stereocenters. The average molecular weight is 266 g/mol. The molecule has 0 aliphatic rings. The van der Waals surface area contributed by atoms with Crippen LogP contribution in [0.2, 0.25) is 0 Å². The summed E-state index contributed by atoms with van der Waals surface area (Å²) in [7, 11) is 0. The Morgan fingerprint density at radius 1 is 1.15 bits per heavy atom. The molecule has 20 heavy (non-hydrogen) atoms. The van der Waals surface area contributed by atoms with E-state index in [4.69, 9.17) is 0 Å². The van der Waals surface area contributed by atoms with Crippen molar-refractivity contribution in [1.29, 1.82) is 5.26 Å². The molecule has 0 fully saturated rings. The first-order valence-electron chi connectivity index (χ1n) is 6.29. The van der Waals surface area contributed by atoms with Crippen molar-refractivity contribution in [1.82, 2.24) is 0 Å². The topological polar surface area (TPSA) is 66.9 Å². The van der Waals surface area contributed by atoms with E-state index in [9.17, 15) is 15.4 Å². The number of aryl methyl sites for hydroxylation is 1. The standard InChI is InChI=1S/C16H14N2O2/c1-12-2-4-13(5-3-12)10-15(11-17)14-6-8-16(9-7-14)18(19)20/h2-9,15H,10H2,1H3/t15-/m1/s1. The third-order valence-corrected chi connectivity index (χ3v) is 3.22. The van der Waals surface area contributed by atoms with Gasteiger partial charge in [0.1, 0.15) is 0 Å². The third kappa shape index (κ3) is 3.21. The quantitative estimate of drug-likeness (QED) is 0.625. The van der Waals surface area contributed by atoms with Crippen LogP contribution >= 0.6 is 0 Å². The van der Waals surface area contributed by atoms with Gasteiger partial charge in [-0.3, -0.25) is 10.1 Å². The molecule has 0 saturated carbocycles. The lowest BCUT2D eigenvalue weighted by Crippen LogP contribution is -2.01. The fraction of sp³-hybridized carbons (Fsp3) is 0.188. The van der Waals surface area contributed by atoms with E-state index >= 15 is 0 Å². The molecular formula is C16H14N2O2. The monoisotopic (exact) mass is 266 g/mol. The molecule has 0 aliphatic heterocycles. The van der Waals surface area contributed by atoms with Gasteiger partial charge in [-0.2, -0.15) is 5.26 Å². The van der Waals surface area contributed by atoms with Gasteiger partial charge in [0.2, 0.25) is 0 Å². The van der Waals surface area contributed by atoms with Gasteiger partial charge in [0.25, 0.3) is 5.69 Å². The van der Waals surface area contributed by atoms with E-state index in [-0.39, 0.29) is 11.6 Å². The summed E-state index contributed by atoms with van der Waals surface area (Å²) in [5.74, 6) is -0.293. The molecule has 4 heteroatoms. The van der Waals surface area contributed by atoms with Gasteiger partial charge in [0, 0.05) is 12.1 Å². The van der Waals surface area contributed by atoms with E-state index < -0.39 is 4.92 Å². The maximum Gasteiger partial charge on any atom is 0.269 e. The first-order chi connectivity index (χ1) is 9.60. The molecule has 0 N–H and O–H groups in total. The summed E-state index contributed by atoms with van der Waals surface area (Å²) >= 11 is 0. The lowest BCUT2D eigenvalue weighted by atomic mass is 9.93. The molecule has 2 rings (SSSR count). The van der Waals surface area contributed by atoms with Crippen molar-refractivity contribution in [2.75, 3.05) is 0 Å². The maximum absolute atomic E-state index is 10.6. The molecule has 2 aromatic carbocycles. The highest BCUT2D eigenvalue weighted by atomic mass is 16.6. The largest absolute Gasteiger partial charge is 0.269 e. The first-order valence-corrected chi connectivity index (χ1v) is 6.29. The fourth-order valence-electron chi connectivity index (χ4n) is 2.03. The minimum atomic E-state index is -0.439. The predicted molar refractivity (Wildman–Crippen MR) is 76.3 cm³/mol. The second-order valence-corrected chi connectivity index (χ2v) is 4.72. The van der Waals surface area contributed by atoms with Gasteiger partial charge in [-0.1, -0.05) is 42.0 Å². The highest BCUT2D eigenvalue weighted by Gasteiger charge is 2.13. The zero-order valence-electron chi connectivity index (χ0n) is 11.1. The van der Waals surface area contributed by atoms with Crippen LogP contribution in [0.25, 0.3) is 0 Å². The Bertz CT molecular complexity index is 640. The second kappa shape index (κ2) is 5.98. The van der Waals surface area contributed by atoms with Gasteiger partial charge >= 0.3 is 0 Å². The predicted octanol–water partition coefficient (Wildman–Crippen LogP) is 3.75. The Morgan fingerprint density at radius 2 is 1.75 bits per heavy atom. The second-order valence-electron chi connectivity index (χ2n) is 4.72. The Morgan fingerprint density at radius 3 is 2.25 bits per heavy atom. The van der Waals surface area contributed by atoms with Crippen LogP contribution in [0, 0.1) is 28.4 Å². The number of non-ortho nitro benzene ring substituents is 1. The van der Waals surface area contributed by atoms with E-state index in [0.29, 0.717) is 6.42 Å². The van der Waals surface area contributed by atoms with Crippen LogP contribution in [0.5, 0.6) is 0 Å². The summed E-state index contributed by atoms with van der Waals surface area (Å²) in [6.07, 6.45) is 0.606. The molecule has 0 amide bonds. The molecule has 100 valence electrons. The normalized spacial score (nSPS) is 11.6. The molecule has 0 radical (unpaired) electrons. The van der Waals surface area contributed by atoms with Gasteiger partial charge in [-0.05, 0) is 24.5 Å². The molecule has 0 spiro atoms. The lowest BCUT2D eigenvalue weighted by Gasteiger charge is -2.09. The van der Waals surface area contributed by atoms with Crippen LogP contribution in [0.15, 0.2) is 48.5 Å². The van der Waals surface area contributed by atoms with Gasteiger partial charge in [0.05, 0.1) is 16.9 Å². The first kappa shape index (κ1) is 13.8. The number of hydrogen-bond donors (Lipinski definition) is 0.